The standard InChI is InChI=1S/C14H15FN2O3/c1-19-11-5-9(6-12(20-2)14(11)18)7-16-10-3-4-13(15)17-8-10/h3-6,8,16,18H,7H2,1-2H3. The third-order valence-corrected chi connectivity index (χ3v) is 2.76. The van der Waals surface area contributed by atoms with Crippen LogP contribution in [0.1, 0.15) is 5.56 Å². The SMILES string of the molecule is COc1cc(CNc2ccc(F)nc2)cc(OC)c1O. The highest BCUT2D eigenvalue weighted by molar-refractivity contribution is 5.53. The van der Waals surface area contributed by atoms with E-state index in [0.717, 1.165) is 5.56 Å². The molecule has 0 saturated heterocycles. The van der Waals surface area contributed by atoms with Crippen LogP contribution in [0.15, 0.2) is 30.5 Å². The van der Waals surface area contributed by atoms with Crippen LogP contribution in [0.5, 0.6) is 17.2 Å². The molecule has 0 aliphatic heterocycles. The second-order valence-corrected chi connectivity index (χ2v) is 4.07. The first-order valence-corrected chi connectivity index (χ1v) is 5.93. The van der Waals surface area contributed by atoms with Gasteiger partial charge in [0.1, 0.15) is 0 Å². The first kappa shape index (κ1) is 13.9. The molecular formula is C14H15FN2O3. The summed E-state index contributed by atoms with van der Waals surface area (Å²) in [6.45, 7) is 0.459. The summed E-state index contributed by atoms with van der Waals surface area (Å²) in [4.78, 5) is 3.55. The van der Waals surface area contributed by atoms with Crippen LogP contribution in [0.2, 0.25) is 0 Å². The van der Waals surface area contributed by atoms with Crippen molar-refractivity contribution in [3.05, 3.63) is 42.0 Å². The number of halogens is 1. The third kappa shape index (κ3) is 3.09. The molecule has 0 fully saturated rings. The molecule has 1 aromatic carbocycles. The van der Waals surface area contributed by atoms with E-state index < -0.39 is 5.95 Å². The number of rotatable bonds is 5. The summed E-state index contributed by atoms with van der Waals surface area (Å²) in [5.74, 6) is 0.0995. The van der Waals surface area contributed by atoms with E-state index in [1.54, 1.807) is 18.2 Å². The van der Waals surface area contributed by atoms with E-state index in [2.05, 4.69) is 10.3 Å². The van der Waals surface area contributed by atoms with E-state index >= 15 is 0 Å². The lowest BCUT2D eigenvalue weighted by Crippen LogP contribution is -2.01. The first-order valence-electron chi connectivity index (χ1n) is 5.93. The molecule has 0 aliphatic carbocycles. The minimum atomic E-state index is -0.525. The Hall–Kier alpha value is -2.50. The Kier molecular flexibility index (Phi) is 4.24. The van der Waals surface area contributed by atoms with E-state index in [1.807, 2.05) is 0 Å². The van der Waals surface area contributed by atoms with Crippen LogP contribution in [-0.2, 0) is 6.54 Å². The van der Waals surface area contributed by atoms with Crippen molar-refractivity contribution < 1.29 is 19.0 Å². The Balaban J connectivity index is 2.14. The minimum Gasteiger partial charge on any atom is -0.502 e. The number of nitrogens with one attached hydrogen (secondary N) is 1. The van der Waals surface area contributed by atoms with Crippen LogP contribution < -0.4 is 14.8 Å². The van der Waals surface area contributed by atoms with E-state index in [-0.39, 0.29) is 5.75 Å². The molecule has 1 heterocycles. The third-order valence-electron chi connectivity index (χ3n) is 2.76. The number of hydrogen-bond acceptors (Lipinski definition) is 5. The Morgan fingerprint density at radius 3 is 2.35 bits per heavy atom. The molecule has 0 saturated carbocycles. The number of benzene rings is 1. The Labute approximate surface area is 116 Å². The van der Waals surface area contributed by atoms with E-state index in [9.17, 15) is 9.50 Å². The van der Waals surface area contributed by atoms with Crippen LogP contribution in [-0.4, -0.2) is 24.3 Å². The monoisotopic (exact) mass is 278 g/mol. The molecule has 0 bridgehead atoms. The number of nitrogens with zero attached hydrogens (tertiary/aromatic N) is 1. The molecule has 0 aliphatic rings. The van der Waals surface area contributed by atoms with Gasteiger partial charge < -0.3 is 19.9 Å². The number of ether oxygens (including phenoxy) is 2. The molecule has 2 rings (SSSR count). The molecule has 0 unspecified atom stereocenters. The summed E-state index contributed by atoms with van der Waals surface area (Å²) in [6.07, 6.45) is 1.41. The number of anilines is 1. The molecular weight excluding hydrogens is 263 g/mol. The fourth-order valence-corrected chi connectivity index (χ4v) is 1.73. The molecule has 1 aromatic heterocycles. The van der Waals surface area contributed by atoms with Gasteiger partial charge in [-0.15, -0.1) is 0 Å². The van der Waals surface area contributed by atoms with Crippen molar-refractivity contribution in [1.29, 1.82) is 0 Å². The van der Waals surface area contributed by atoms with Gasteiger partial charge in [-0.25, -0.2) is 4.98 Å². The van der Waals surface area contributed by atoms with Gasteiger partial charge in [-0.3, -0.25) is 0 Å². The second-order valence-electron chi connectivity index (χ2n) is 4.07. The van der Waals surface area contributed by atoms with Crippen LogP contribution in [0, 0.1) is 5.95 Å². The Bertz CT molecular complexity index is 562. The molecule has 20 heavy (non-hydrogen) atoms. The molecule has 106 valence electrons. The van der Waals surface area contributed by atoms with Crippen LogP contribution >= 0.6 is 0 Å². The number of phenols is 1. The molecule has 0 atom stereocenters. The largest absolute Gasteiger partial charge is 0.502 e. The average Bonchev–Trinajstić information content (AvgIpc) is 2.47. The predicted molar refractivity (Wildman–Crippen MR) is 72.7 cm³/mol. The van der Waals surface area contributed by atoms with Crippen LogP contribution in [0.4, 0.5) is 10.1 Å². The molecule has 0 radical (unpaired) electrons. The Morgan fingerprint density at radius 2 is 1.85 bits per heavy atom. The number of methoxy groups -OCH3 is 2. The highest BCUT2D eigenvalue weighted by Gasteiger charge is 2.11. The number of aromatic nitrogens is 1. The second kappa shape index (κ2) is 6.10. The van der Waals surface area contributed by atoms with Gasteiger partial charge in [0.05, 0.1) is 26.1 Å². The summed E-state index contributed by atoms with van der Waals surface area (Å²) >= 11 is 0. The summed E-state index contributed by atoms with van der Waals surface area (Å²) in [5.41, 5.74) is 1.54. The number of pyridine rings is 1. The van der Waals surface area contributed by atoms with Crippen LogP contribution in [0.25, 0.3) is 0 Å². The van der Waals surface area contributed by atoms with Crippen LogP contribution in [0.3, 0.4) is 0 Å². The topological polar surface area (TPSA) is 63.6 Å². The quantitative estimate of drug-likeness (QED) is 0.823. The van der Waals surface area contributed by atoms with Gasteiger partial charge in [-0.2, -0.15) is 4.39 Å². The van der Waals surface area contributed by atoms with Gasteiger partial charge in [-0.05, 0) is 29.8 Å². The maximum absolute atomic E-state index is 12.7. The minimum absolute atomic E-state index is 0.0396. The van der Waals surface area contributed by atoms with Crippen molar-refractivity contribution in [2.24, 2.45) is 0 Å². The smallest absolute Gasteiger partial charge is 0.212 e. The summed E-state index contributed by atoms with van der Waals surface area (Å²) in [5, 5.41) is 12.9. The first-order chi connectivity index (χ1) is 9.63. The number of aromatic hydroxyl groups is 1. The maximum Gasteiger partial charge on any atom is 0.212 e. The van der Waals surface area contributed by atoms with Crippen molar-refractivity contribution >= 4 is 5.69 Å². The molecule has 2 aromatic rings. The fourth-order valence-electron chi connectivity index (χ4n) is 1.73. The van der Waals surface area contributed by atoms with Gasteiger partial charge in [0, 0.05) is 6.54 Å². The number of phenolic OH excluding ortho intramolecular Hbond substituents is 1. The van der Waals surface area contributed by atoms with Gasteiger partial charge in [0.25, 0.3) is 0 Å². The van der Waals surface area contributed by atoms with Gasteiger partial charge in [0.15, 0.2) is 11.5 Å². The lowest BCUT2D eigenvalue weighted by Gasteiger charge is -2.12. The molecule has 6 heteroatoms. The van der Waals surface area contributed by atoms with Gasteiger partial charge in [-0.1, -0.05) is 0 Å². The molecule has 5 nitrogen and oxygen atoms in total. The predicted octanol–water partition coefficient (Wildman–Crippen LogP) is 2.56. The van der Waals surface area contributed by atoms with E-state index in [0.29, 0.717) is 23.7 Å². The lowest BCUT2D eigenvalue weighted by molar-refractivity contribution is 0.339. The fraction of sp³-hybridized carbons (Fsp3) is 0.214. The van der Waals surface area contributed by atoms with Crippen molar-refractivity contribution in [3.8, 4) is 17.2 Å². The summed E-state index contributed by atoms with van der Waals surface area (Å²) in [7, 11) is 2.94. The summed E-state index contributed by atoms with van der Waals surface area (Å²) in [6, 6.07) is 6.27. The van der Waals surface area contributed by atoms with Crippen molar-refractivity contribution in [1.82, 2.24) is 4.98 Å². The average molecular weight is 278 g/mol. The zero-order valence-electron chi connectivity index (χ0n) is 11.2. The van der Waals surface area contributed by atoms with E-state index in [4.69, 9.17) is 9.47 Å². The zero-order valence-corrected chi connectivity index (χ0v) is 11.2. The van der Waals surface area contributed by atoms with E-state index in [1.165, 1.54) is 26.5 Å². The zero-order chi connectivity index (χ0) is 14.5. The normalized spacial score (nSPS) is 10.2. The highest BCUT2D eigenvalue weighted by atomic mass is 19.1. The lowest BCUT2D eigenvalue weighted by atomic mass is 10.1. The van der Waals surface area contributed by atoms with Crippen molar-refractivity contribution in [3.63, 3.8) is 0 Å². The van der Waals surface area contributed by atoms with Crippen molar-refractivity contribution in [2.45, 2.75) is 6.54 Å². The highest BCUT2D eigenvalue weighted by Crippen LogP contribution is 2.37. The molecule has 2 N–H and O–H groups in total. The van der Waals surface area contributed by atoms with Gasteiger partial charge >= 0.3 is 0 Å². The van der Waals surface area contributed by atoms with Crippen molar-refractivity contribution in [2.75, 3.05) is 19.5 Å². The maximum atomic E-state index is 12.7. The molecule has 0 spiro atoms. The summed E-state index contributed by atoms with van der Waals surface area (Å²) < 4.78 is 22.8. The number of hydrogen-bond donors (Lipinski definition) is 2. The molecule has 0 amide bonds. The van der Waals surface area contributed by atoms with Gasteiger partial charge in [0.2, 0.25) is 11.7 Å². The Morgan fingerprint density at radius 1 is 1.20 bits per heavy atom.